The maximum absolute atomic E-state index is 12.5. The van der Waals surface area contributed by atoms with Gasteiger partial charge in [0, 0.05) is 23.9 Å². The molecular weight excluding hydrogens is 344 g/mol. The van der Waals surface area contributed by atoms with Crippen LogP contribution in [-0.2, 0) is 4.79 Å². The number of anilines is 1. The maximum Gasteiger partial charge on any atom is 0.254 e. The highest BCUT2D eigenvalue weighted by Crippen LogP contribution is 2.17. The van der Waals surface area contributed by atoms with E-state index in [1.54, 1.807) is 31.3 Å². The van der Waals surface area contributed by atoms with Crippen molar-refractivity contribution in [1.82, 2.24) is 25.5 Å². The topological polar surface area (TPSA) is 104 Å². The molecule has 0 unspecified atom stereocenters. The summed E-state index contributed by atoms with van der Waals surface area (Å²) in [7, 11) is 1.60. The number of hydrogen-bond acceptors (Lipinski definition) is 5. The zero-order valence-electron chi connectivity index (χ0n) is 15.4. The first-order chi connectivity index (χ1) is 12.9. The standard InChI is InChI=1S/C19H20N6O2/c1-12-4-5-13(2)16(10-12)20-17(26)11-25(3)19(27)15-8-6-14(7-9-15)18-21-23-24-22-18/h4-10H,11H2,1-3H3,(H,20,26)(H,21,22,23,24). The number of tetrazole rings is 1. The molecule has 2 N–H and O–H groups in total. The lowest BCUT2D eigenvalue weighted by Crippen LogP contribution is -2.35. The highest BCUT2D eigenvalue weighted by atomic mass is 16.2. The van der Waals surface area contributed by atoms with Gasteiger partial charge in [0.05, 0.1) is 6.54 Å². The van der Waals surface area contributed by atoms with Gasteiger partial charge in [0.15, 0.2) is 0 Å². The van der Waals surface area contributed by atoms with E-state index in [0.29, 0.717) is 11.4 Å². The molecule has 0 aliphatic rings. The molecule has 0 atom stereocenters. The first-order valence-electron chi connectivity index (χ1n) is 8.40. The Labute approximate surface area is 156 Å². The Morgan fingerprint density at radius 1 is 1.11 bits per heavy atom. The predicted octanol–water partition coefficient (Wildman–Crippen LogP) is 2.19. The fourth-order valence-corrected chi connectivity index (χ4v) is 2.61. The number of H-pyrrole nitrogens is 1. The van der Waals surface area contributed by atoms with Crippen molar-refractivity contribution in [1.29, 1.82) is 0 Å². The van der Waals surface area contributed by atoms with Crippen molar-refractivity contribution >= 4 is 17.5 Å². The molecule has 0 saturated carbocycles. The normalized spacial score (nSPS) is 10.5. The fourth-order valence-electron chi connectivity index (χ4n) is 2.61. The number of amides is 2. The van der Waals surface area contributed by atoms with Crippen LogP contribution in [0.15, 0.2) is 42.5 Å². The van der Waals surface area contributed by atoms with E-state index >= 15 is 0 Å². The van der Waals surface area contributed by atoms with Crippen molar-refractivity contribution in [3.8, 4) is 11.4 Å². The van der Waals surface area contributed by atoms with Crippen molar-refractivity contribution < 1.29 is 9.59 Å². The Kier molecular flexibility index (Phi) is 5.25. The summed E-state index contributed by atoms with van der Waals surface area (Å²) in [5.74, 6) is -0.0380. The van der Waals surface area contributed by atoms with Gasteiger partial charge in [-0.05, 0) is 48.4 Å². The van der Waals surface area contributed by atoms with Crippen LogP contribution >= 0.6 is 0 Å². The average molecular weight is 364 g/mol. The third-order valence-electron chi connectivity index (χ3n) is 4.13. The van der Waals surface area contributed by atoms with Gasteiger partial charge in [-0.25, -0.2) is 0 Å². The minimum absolute atomic E-state index is 0.0428. The number of aromatic amines is 1. The highest BCUT2D eigenvalue weighted by molar-refractivity contribution is 5.99. The summed E-state index contributed by atoms with van der Waals surface area (Å²) in [5, 5.41) is 16.5. The van der Waals surface area contributed by atoms with Crippen LogP contribution in [0.2, 0.25) is 0 Å². The Hall–Kier alpha value is -3.55. The summed E-state index contributed by atoms with van der Waals surface area (Å²) in [6, 6.07) is 12.7. The number of carbonyl (C=O) groups excluding carboxylic acids is 2. The van der Waals surface area contributed by atoms with Gasteiger partial charge >= 0.3 is 0 Å². The molecule has 3 aromatic rings. The van der Waals surface area contributed by atoms with Gasteiger partial charge in [-0.15, -0.1) is 10.2 Å². The van der Waals surface area contributed by atoms with E-state index in [4.69, 9.17) is 0 Å². The molecule has 3 rings (SSSR count). The number of rotatable bonds is 5. The van der Waals surface area contributed by atoms with Crippen LogP contribution in [0, 0.1) is 13.8 Å². The van der Waals surface area contributed by atoms with Gasteiger partial charge in [-0.3, -0.25) is 9.59 Å². The smallest absolute Gasteiger partial charge is 0.254 e. The molecule has 8 heteroatoms. The van der Waals surface area contributed by atoms with Gasteiger partial charge in [0.1, 0.15) is 0 Å². The van der Waals surface area contributed by atoms with E-state index in [1.165, 1.54) is 4.90 Å². The zero-order chi connectivity index (χ0) is 19.4. The largest absolute Gasteiger partial charge is 0.332 e. The molecule has 1 aromatic heterocycles. The predicted molar refractivity (Wildman–Crippen MR) is 101 cm³/mol. The monoisotopic (exact) mass is 364 g/mol. The van der Waals surface area contributed by atoms with Crippen LogP contribution in [0.3, 0.4) is 0 Å². The molecule has 2 amide bonds. The van der Waals surface area contributed by atoms with Crippen LogP contribution in [-0.4, -0.2) is 50.9 Å². The first-order valence-corrected chi connectivity index (χ1v) is 8.40. The summed E-state index contributed by atoms with van der Waals surface area (Å²) in [6.07, 6.45) is 0. The zero-order valence-corrected chi connectivity index (χ0v) is 15.4. The van der Waals surface area contributed by atoms with Crippen LogP contribution < -0.4 is 5.32 Å². The van der Waals surface area contributed by atoms with E-state index in [2.05, 4.69) is 25.9 Å². The van der Waals surface area contributed by atoms with Gasteiger partial charge in [-0.1, -0.05) is 24.3 Å². The molecule has 0 bridgehead atoms. The van der Waals surface area contributed by atoms with Crippen LogP contribution in [0.4, 0.5) is 5.69 Å². The summed E-state index contributed by atoms with van der Waals surface area (Å²) in [4.78, 5) is 26.2. The van der Waals surface area contributed by atoms with E-state index in [1.807, 2.05) is 32.0 Å². The van der Waals surface area contributed by atoms with Crippen molar-refractivity contribution in [2.24, 2.45) is 0 Å². The molecular formula is C19H20N6O2. The third-order valence-corrected chi connectivity index (χ3v) is 4.13. The lowest BCUT2D eigenvalue weighted by molar-refractivity contribution is -0.116. The molecule has 0 fully saturated rings. The Bertz CT molecular complexity index is 951. The number of aryl methyl sites for hydroxylation is 2. The first kappa shape index (κ1) is 18.2. The van der Waals surface area contributed by atoms with Crippen molar-refractivity contribution in [2.75, 3.05) is 18.9 Å². The second-order valence-electron chi connectivity index (χ2n) is 6.34. The maximum atomic E-state index is 12.5. The number of likely N-dealkylation sites (N-methyl/N-ethyl adjacent to an activating group) is 1. The third kappa shape index (κ3) is 4.35. The molecule has 27 heavy (non-hydrogen) atoms. The molecule has 0 aliphatic heterocycles. The van der Waals surface area contributed by atoms with Gasteiger partial charge in [-0.2, -0.15) is 5.21 Å². The molecule has 2 aromatic carbocycles. The van der Waals surface area contributed by atoms with Gasteiger partial charge in [0.25, 0.3) is 5.91 Å². The van der Waals surface area contributed by atoms with E-state index in [0.717, 1.165) is 22.4 Å². The lowest BCUT2D eigenvalue weighted by Gasteiger charge is -2.17. The molecule has 0 saturated heterocycles. The van der Waals surface area contributed by atoms with E-state index in [-0.39, 0.29) is 18.4 Å². The van der Waals surface area contributed by atoms with Crippen molar-refractivity contribution in [3.63, 3.8) is 0 Å². The molecule has 0 radical (unpaired) electrons. The van der Waals surface area contributed by atoms with E-state index < -0.39 is 0 Å². The lowest BCUT2D eigenvalue weighted by atomic mass is 10.1. The number of carbonyl (C=O) groups is 2. The minimum Gasteiger partial charge on any atom is -0.332 e. The molecule has 1 heterocycles. The SMILES string of the molecule is Cc1ccc(C)c(NC(=O)CN(C)C(=O)c2ccc(-c3nn[nH]n3)cc2)c1. The van der Waals surface area contributed by atoms with Crippen molar-refractivity contribution in [3.05, 3.63) is 59.2 Å². The van der Waals surface area contributed by atoms with Crippen LogP contribution in [0.5, 0.6) is 0 Å². The van der Waals surface area contributed by atoms with Crippen LogP contribution in [0.1, 0.15) is 21.5 Å². The summed E-state index contributed by atoms with van der Waals surface area (Å²) in [6.45, 7) is 3.84. The fraction of sp³-hybridized carbons (Fsp3) is 0.211. The van der Waals surface area contributed by atoms with Crippen LogP contribution in [0.25, 0.3) is 11.4 Å². The number of hydrogen-bond donors (Lipinski definition) is 2. The van der Waals surface area contributed by atoms with Crippen molar-refractivity contribution in [2.45, 2.75) is 13.8 Å². The highest BCUT2D eigenvalue weighted by Gasteiger charge is 2.16. The molecule has 0 aliphatic carbocycles. The van der Waals surface area contributed by atoms with E-state index in [9.17, 15) is 9.59 Å². The molecule has 138 valence electrons. The average Bonchev–Trinajstić information content (AvgIpc) is 3.19. The molecule has 0 spiro atoms. The number of nitrogens with zero attached hydrogens (tertiary/aromatic N) is 4. The van der Waals surface area contributed by atoms with Gasteiger partial charge in [0.2, 0.25) is 11.7 Å². The second-order valence-corrected chi connectivity index (χ2v) is 6.34. The Morgan fingerprint density at radius 3 is 2.52 bits per heavy atom. The second kappa shape index (κ2) is 7.77. The quantitative estimate of drug-likeness (QED) is 0.722. The van der Waals surface area contributed by atoms with Gasteiger partial charge < -0.3 is 10.2 Å². The molecule has 8 nitrogen and oxygen atoms in total. The minimum atomic E-state index is -0.247. The summed E-state index contributed by atoms with van der Waals surface area (Å²) >= 11 is 0. The Balaban J connectivity index is 1.63. The number of benzene rings is 2. The number of aromatic nitrogens is 4. The number of nitrogens with one attached hydrogen (secondary N) is 2. The summed E-state index contributed by atoms with van der Waals surface area (Å²) in [5.41, 5.74) is 4.01. The Morgan fingerprint density at radius 2 is 1.85 bits per heavy atom. The summed E-state index contributed by atoms with van der Waals surface area (Å²) < 4.78 is 0.